The molecule has 20 heavy (non-hydrogen) atoms. The summed E-state index contributed by atoms with van der Waals surface area (Å²) in [5, 5.41) is 6.18. The maximum absolute atomic E-state index is 11.3. The van der Waals surface area contributed by atoms with Gasteiger partial charge in [-0.05, 0) is 36.8 Å². The molecule has 2 heterocycles. The average Bonchev–Trinajstić information content (AvgIpc) is 2.98. The quantitative estimate of drug-likeness (QED) is 0.897. The van der Waals surface area contributed by atoms with Crippen molar-refractivity contribution in [2.75, 3.05) is 11.9 Å². The lowest BCUT2D eigenvalue weighted by atomic mass is 10.1. The summed E-state index contributed by atoms with van der Waals surface area (Å²) in [5.74, 6) is 1.50. The van der Waals surface area contributed by atoms with Crippen molar-refractivity contribution in [1.82, 2.24) is 5.32 Å². The van der Waals surface area contributed by atoms with Gasteiger partial charge in [0.05, 0.1) is 18.0 Å². The standard InChI is InChI=1S/C15H16N2O3/c1-10(13-3-2-6-19-13)16-8-11-4-5-14-12(7-11)17-15(18)9-20-14/h2-7,10,16H,8-9H2,1H3,(H,17,18). The highest BCUT2D eigenvalue weighted by atomic mass is 16.5. The van der Waals surface area contributed by atoms with Gasteiger partial charge in [-0.3, -0.25) is 4.79 Å². The fraction of sp³-hybridized carbons (Fsp3) is 0.267. The highest BCUT2D eigenvalue weighted by molar-refractivity contribution is 5.95. The molecular formula is C15H16N2O3. The van der Waals surface area contributed by atoms with E-state index in [1.807, 2.05) is 37.3 Å². The fourth-order valence-corrected chi connectivity index (χ4v) is 2.15. The van der Waals surface area contributed by atoms with Crippen LogP contribution in [-0.4, -0.2) is 12.5 Å². The maximum Gasteiger partial charge on any atom is 0.262 e. The van der Waals surface area contributed by atoms with Crippen LogP contribution in [0.5, 0.6) is 5.75 Å². The van der Waals surface area contributed by atoms with Crippen molar-refractivity contribution in [3.8, 4) is 5.75 Å². The molecule has 0 fully saturated rings. The summed E-state index contributed by atoms with van der Waals surface area (Å²) in [4.78, 5) is 11.3. The molecule has 1 unspecified atom stereocenters. The largest absolute Gasteiger partial charge is 0.482 e. The number of ether oxygens (including phenoxy) is 1. The smallest absolute Gasteiger partial charge is 0.262 e. The molecule has 1 aliphatic rings. The molecule has 2 aromatic rings. The van der Waals surface area contributed by atoms with Crippen molar-refractivity contribution in [3.63, 3.8) is 0 Å². The zero-order valence-corrected chi connectivity index (χ0v) is 11.2. The van der Waals surface area contributed by atoms with Gasteiger partial charge >= 0.3 is 0 Å². The fourth-order valence-electron chi connectivity index (χ4n) is 2.15. The van der Waals surface area contributed by atoms with Gasteiger partial charge in [0.2, 0.25) is 0 Å². The van der Waals surface area contributed by atoms with E-state index in [0.29, 0.717) is 12.3 Å². The first-order valence-electron chi connectivity index (χ1n) is 6.55. The first kappa shape index (κ1) is 12.7. The minimum Gasteiger partial charge on any atom is -0.482 e. The molecule has 1 atom stereocenters. The average molecular weight is 272 g/mol. The minimum atomic E-state index is -0.119. The van der Waals surface area contributed by atoms with Crippen molar-refractivity contribution in [2.45, 2.75) is 19.5 Å². The predicted molar refractivity (Wildman–Crippen MR) is 74.5 cm³/mol. The Bertz CT molecular complexity index is 608. The van der Waals surface area contributed by atoms with Crippen LogP contribution in [0.1, 0.15) is 24.3 Å². The summed E-state index contributed by atoms with van der Waals surface area (Å²) in [6.45, 7) is 2.81. The molecule has 0 aliphatic carbocycles. The van der Waals surface area contributed by atoms with E-state index < -0.39 is 0 Å². The number of hydrogen-bond acceptors (Lipinski definition) is 4. The lowest BCUT2D eigenvalue weighted by molar-refractivity contribution is -0.118. The Morgan fingerprint density at radius 3 is 3.10 bits per heavy atom. The molecule has 0 spiro atoms. The molecule has 1 aliphatic heterocycles. The number of carbonyl (C=O) groups is 1. The number of rotatable bonds is 4. The van der Waals surface area contributed by atoms with Gasteiger partial charge < -0.3 is 19.8 Å². The minimum absolute atomic E-state index is 0.0835. The van der Waals surface area contributed by atoms with Gasteiger partial charge in [0.25, 0.3) is 5.91 Å². The molecular weight excluding hydrogens is 256 g/mol. The number of hydrogen-bond donors (Lipinski definition) is 2. The van der Waals surface area contributed by atoms with Crippen molar-refractivity contribution >= 4 is 11.6 Å². The van der Waals surface area contributed by atoms with Crippen molar-refractivity contribution in [1.29, 1.82) is 0 Å². The van der Waals surface area contributed by atoms with E-state index in [1.165, 1.54) is 0 Å². The molecule has 1 aromatic heterocycles. The third-order valence-electron chi connectivity index (χ3n) is 3.26. The van der Waals surface area contributed by atoms with E-state index in [0.717, 1.165) is 17.0 Å². The molecule has 0 radical (unpaired) electrons. The van der Waals surface area contributed by atoms with Crippen LogP contribution in [0.15, 0.2) is 41.0 Å². The SMILES string of the molecule is CC(NCc1ccc2c(c1)NC(=O)CO2)c1ccco1. The molecule has 1 aromatic carbocycles. The molecule has 5 nitrogen and oxygen atoms in total. The molecule has 0 saturated carbocycles. The van der Waals surface area contributed by atoms with E-state index in [9.17, 15) is 4.79 Å². The zero-order valence-electron chi connectivity index (χ0n) is 11.2. The van der Waals surface area contributed by atoms with Crippen LogP contribution in [0.25, 0.3) is 0 Å². The molecule has 5 heteroatoms. The van der Waals surface area contributed by atoms with E-state index in [-0.39, 0.29) is 18.6 Å². The number of furan rings is 1. The lowest BCUT2D eigenvalue weighted by Crippen LogP contribution is -2.25. The van der Waals surface area contributed by atoms with Gasteiger partial charge in [-0.2, -0.15) is 0 Å². The Morgan fingerprint density at radius 1 is 1.40 bits per heavy atom. The normalized spacial score (nSPS) is 15.2. The van der Waals surface area contributed by atoms with Crippen LogP contribution in [-0.2, 0) is 11.3 Å². The topological polar surface area (TPSA) is 63.5 Å². The van der Waals surface area contributed by atoms with Crippen LogP contribution >= 0.6 is 0 Å². The van der Waals surface area contributed by atoms with Crippen LogP contribution in [0.2, 0.25) is 0 Å². The monoisotopic (exact) mass is 272 g/mol. The van der Waals surface area contributed by atoms with E-state index in [4.69, 9.17) is 9.15 Å². The van der Waals surface area contributed by atoms with Crippen LogP contribution in [0.4, 0.5) is 5.69 Å². The Kier molecular flexibility index (Phi) is 3.43. The molecule has 0 saturated heterocycles. The molecule has 0 bridgehead atoms. The predicted octanol–water partition coefficient (Wildman–Crippen LogP) is 2.46. The van der Waals surface area contributed by atoms with Gasteiger partial charge in [0, 0.05) is 6.54 Å². The number of anilines is 1. The summed E-state index contributed by atoms with van der Waals surface area (Å²) in [6, 6.07) is 9.74. The lowest BCUT2D eigenvalue weighted by Gasteiger charge is -2.19. The highest BCUT2D eigenvalue weighted by Crippen LogP contribution is 2.28. The third-order valence-corrected chi connectivity index (χ3v) is 3.26. The van der Waals surface area contributed by atoms with Gasteiger partial charge in [-0.1, -0.05) is 6.07 Å². The number of fused-ring (bicyclic) bond motifs is 1. The second-order valence-electron chi connectivity index (χ2n) is 4.79. The van der Waals surface area contributed by atoms with Gasteiger partial charge in [-0.15, -0.1) is 0 Å². The second-order valence-corrected chi connectivity index (χ2v) is 4.79. The number of amides is 1. The van der Waals surface area contributed by atoms with Crippen molar-refractivity contribution in [2.24, 2.45) is 0 Å². The van der Waals surface area contributed by atoms with Gasteiger partial charge in [-0.25, -0.2) is 0 Å². The maximum atomic E-state index is 11.3. The summed E-state index contributed by atoms with van der Waals surface area (Å²) in [7, 11) is 0. The molecule has 104 valence electrons. The Balaban J connectivity index is 1.66. The molecule has 1 amide bonds. The Labute approximate surface area is 116 Å². The summed E-state index contributed by atoms with van der Waals surface area (Å²) in [6.07, 6.45) is 1.67. The molecule has 2 N–H and O–H groups in total. The van der Waals surface area contributed by atoms with E-state index >= 15 is 0 Å². The Hall–Kier alpha value is -2.27. The van der Waals surface area contributed by atoms with Crippen molar-refractivity contribution < 1.29 is 13.9 Å². The van der Waals surface area contributed by atoms with Gasteiger partial charge in [0.1, 0.15) is 11.5 Å². The number of nitrogens with one attached hydrogen (secondary N) is 2. The second kappa shape index (κ2) is 5.38. The molecule has 3 rings (SSSR count). The zero-order chi connectivity index (χ0) is 13.9. The Morgan fingerprint density at radius 2 is 2.30 bits per heavy atom. The van der Waals surface area contributed by atoms with Crippen LogP contribution < -0.4 is 15.4 Å². The van der Waals surface area contributed by atoms with E-state index in [2.05, 4.69) is 10.6 Å². The van der Waals surface area contributed by atoms with Crippen LogP contribution in [0, 0.1) is 0 Å². The third kappa shape index (κ3) is 2.67. The van der Waals surface area contributed by atoms with Gasteiger partial charge in [0.15, 0.2) is 6.61 Å². The first-order valence-corrected chi connectivity index (χ1v) is 6.55. The van der Waals surface area contributed by atoms with Crippen molar-refractivity contribution in [3.05, 3.63) is 47.9 Å². The highest BCUT2D eigenvalue weighted by Gasteiger charge is 2.16. The summed E-state index contributed by atoms with van der Waals surface area (Å²) in [5.41, 5.74) is 1.80. The number of benzene rings is 1. The number of carbonyl (C=O) groups excluding carboxylic acids is 1. The summed E-state index contributed by atoms with van der Waals surface area (Å²) >= 11 is 0. The van der Waals surface area contributed by atoms with Crippen LogP contribution in [0.3, 0.4) is 0 Å². The summed E-state index contributed by atoms with van der Waals surface area (Å²) < 4.78 is 10.7. The van der Waals surface area contributed by atoms with E-state index in [1.54, 1.807) is 6.26 Å². The first-order chi connectivity index (χ1) is 9.72.